The Morgan fingerprint density at radius 3 is 2.14 bits per heavy atom. The third kappa shape index (κ3) is 5.96. The largest absolute Gasteiger partial charge is 0.326 e. The molecule has 0 spiro atoms. The van der Waals surface area contributed by atoms with E-state index in [1.54, 1.807) is 0 Å². The van der Waals surface area contributed by atoms with Crippen LogP contribution in [0.2, 0.25) is 0 Å². The molecule has 2 amide bonds. The molecule has 5 heteroatoms. The van der Waals surface area contributed by atoms with Crippen LogP contribution < -0.4 is 10.6 Å². The molecule has 148 valence electrons. The second-order valence-corrected chi connectivity index (χ2v) is 8.16. The lowest BCUT2D eigenvalue weighted by molar-refractivity contribution is -0.116. The fraction of sp³-hybridized carbons (Fsp3) is 0.167. The lowest BCUT2D eigenvalue weighted by Crippen LogP contribution is -2.19. The van der Waals surface area contributed by atoms with Crippen molar-refractivity contribution in [2.45, 2.75) is 30.9 Å². The van der Waals surface area contributed by atoms with Gasteiger partial charge in [0.15, 0.2) is 0 Å². The van der Waals surface area contributed by atoms with Gasteiger partial charge in [-0.3, -0.25) is 9.59 Å². The maximum Gasteiger partial charge on any atom is 0.242 e. The molecule has 0 aromatic heterocycles. The zero-order valence-corrected chi connectivity index (χ0v) is 17.5. The number of benzene rings is 3. The summed E-state index contributed by atoms with van der Waals surface area (Å²) in [4.78, 5) is 25.5. The Kier molecular flexibility index (Phi) is 6.73. The van der Waals surface area contributed by atoms with Crippen molar-refractivity contribution >= 4 is 35.0 Å². The van der Waals surface area contributed by atoms with Crippen LogP contribution in [0.3, 0.4) is 0 Å². The van der Waals surface area contributed by atoms with Crippen molar-refractivity contribution in [3.8, 4) is 0 Å². The molecule has 0 radical (unpaired) electrons. The van der Waals surface area contributed by atoms with Gasteiger partial charge in [-0.2, -0.15) is 0 Å². The van der Waals surface area contributed by atoms with Gasteiger partial charge in [0.05, 0.1) is 0 Å². The normalized spacial score (nSPS) is 11.6. The maximum atomic E-state index is 13.2. The number of amides is 2. The van der Waals surface area contributed by atoms with Crippen molar-refractivity contribution in [3.63, 3.8) is 0 Å². The second-order valence-electron chi connectivity index (χ2n) is 6.98. The van der Waals surface area contributed by atoms with E-state index < -0.39 is 5.25 Å². The molecule has 0 saturated heterocycles. The summed E-state index contributed by atoms with van der Waals surface area (Å²) in [6.45, 7) is 5.50. The standard InChI is InChI=1S/C24H24N2O2S/c1-16-12-17(2)14-21(13-16)26-24(28)23(19-8-5-4-6-9-19)29-22-11-7-10-20(15-22)25-18(3)27/h4-15,23H,1-3H3,(H,25,27)(H,26,28). The zero-order chi connectivity index (χ0) is 20.8. The van der Waals surface area contributed by atoms with Gasteiger partial charge in [-0.25, -0.2) is 0 Å². The van der Waals surface area contributed by atoms with Gasteiger partial charge in [0.25, 0.3) is 0 Å². The fourth-order valence-corrected chi connectivity index (χ4v) is 4.23. The Labute approximate surface area is 175 Å². The molecule has 0 bridgehead atoms. The van der Waals surface area contributed by atoms with Gasteiger partial charge >= 0.3 is 0 Å². The number of nitrogens with one attached hydrogen (secondary N) is 2. The number of carbonyl (C=O) groups excluding carboxylic acids is 2. The van der Waals surface area contributed by atoms with Crippen LogP contribution in [0.25, 0.3) is 0 Å². The summed E-state index contributed by atoms with van der Waals surface area (Å²) in [5.74, 6) is -0.213. The summed E-state index contributed by atoms with van der Waals surface area (Å²) >= 11 is 1.46. The molecule has 0 aliphatic carbocycles. The summed E-state index contributed by atoms with van der Waals surface area (Å²) < 4.78 is 0. The Bertz CT molecular complexity index is 998. The van der Waals surface area contributed by atoms with E-state index in [-0.39, 0.29) is 11.8 Å². The van der Waals surface area contributed by atoms with E-state index in [9.17, 15) is 9.59 Å². The lowest BCUT2D eigenvalue weighted by atomic mass is 10.1. The van der Waals surface area contributed by atoms with Gasteiger partial charge in [0.2, 0.25) is 11.8 Å². The highest BCUT2D eigenvalue weighted by atomic mass is 32.2. The third-order valence-electron chi connectivity index (χ3n) is 4.24. The van der Waals surface area contributed by atoms with Crippen LogP contribution in [0.5, 0.6) is 0 Å². The number of aryl methyl sites for hydroxylation is 2. The molecule has 0 aliphatic heterocycles. The van der Waals surface area contributed by atoms with Gasteiger partial charge in [-0.05, 0) is 60.9 Å². The molecular formula is C24H24N2O2S. The first-order chi connectivity index (χ1) is 13.9. The van der Waals surface area contributed by atoms with E-state index in [2.05, 4.69) is 16.7 Å². The third-order valence-corrected chi connectivity index (χ3v) is 5.49. The summed E-state index contributed by atoms with van der Waals surface area (Å²) in [6.07, 6.45) is 0. The molecule has 4 nitrogen and oxygen atoms in total. The van der Waals surface area contributed by atoms with Gasteiger partial charge in [0, 0.05) is 23.2 Å². The van der Waals surface area contributed by atoms with Crippen LogP contribution in [0.15, 0.2) is 77.7 Å². The van der Waals surface area contributed by atoms with Crippen molar-refractivity contribution < 1.29 is 9.59 Å². The Hall–Kier alpha value is -3.05. The fourth-order valence-electron chi connectivity index (χ4n) is 3.14. The predicted molar refractivity (Wildman–Crippen MR) is 120 cm³/mol. The highest BCUT2D eigenvalue weighted by molar-refractivity contribution is 8.00. The Morgan fingerprint density at radius 1 is 0.793 bits per heavy atom. The zero-order valence-electron chi connectivity index (χ0n) is 16.7. The quantitative estimate of drug-likeness (QED) is 0.516. The van der Waals surface area contributed by atoms with Gasteiger partial charge in [-0.1, -0.05) is 42.5 Å². The van der Waals surface area contributed by atoms with Crippen molar-refractivity contribution in [1.82, 2.24) is 0 Å². The highest BCUT2D eigenvalue weighted by Gasteiger charge is 2.22. The molecule has 3 aromatic rings. The summed E-state index contributed by atoms with van der Waals surface area (Å²) in [6, 6.07) is 23.2. The molecule has 0 fully saturated rings. The minimum atomic E-state index is -0.426. The first-order valence-electron chi connectivity index (χ1n) is 9.39. The molecule has 29 heavy (non-hydrogen) atoms. The van der Waals surface area contributed by atoms with Gasteiger partial charge in [0.1, 0.15) is 5.25 Å². The monoisotopic (exact) mass is 404 g/mol. The number of rotatable bonds is 6. The molecule has 0 aliphatic rings. The van der Waals surface area contributed by atoms with Crippen LogP contribution in [-0.2, 0) is 9.59 Å². The predicted octanol–water partition coefficient (Wildman–Crippen LogP) is 5.73. The van der Waals surface area contributed by atoms with Crippen LogP contribution >= 0.6 is 11.8 Å². The molecule has 0 heterocycles. The number of carbonyl (C=O) groups is 2. The summed E-state index contributed by atoms with van der Waals surface area (Å²) in [7, 11) is 0. The molecule has 1 atom stereocenters. The highest BCUT2D eigenvalue weighted by Crippen LogP contribution is 2.37. The van der Waals surface area contributed by atoms with Crippen molar-refractivity contribution in [2.24, 2.45) is 0 Å². The first-order valence-corrected chi connectivity index (χ1v) is 10.3. The molecule has 0 saturated carbocycles. The topological polar surface area (TPSA) is 58.2 Å². The molecule has 3 rings (SSSR count). The number of anilines is 2. The number of hydrogen-bond donors (Lipinski definition) is 2. The Morgan fingerprint density at radius 2 is 1.48 bits per heavy atom. The van der Waals surface area contributed by atoms with Crippen LogP contribution in [-0.4, -0.2) is 11.8 Å². The van der Waals surface area contributed by atoms with Crippen LogP contribution in [0.1, 0.15) is 28.9 Å². The van der Waals surface area contributed by atoms with E-state index in [4.69, 9.17) is 0 Å². The lowest BCUT2D eigenvalue weighted by Gasteiger charge is -2.18. The second kappa shape index (κ2) is 9.43. The van der Waals surface area contributed by atoms with E-state index in [0.29, 0.717) is 5.69 Å². The van der Waals surface area contributed by atoms with Crippen molar-refractivity contribution in [3.05, 3.63) is 89.5 Å². The molecule has 2 N–H and O–H groups in total. The first kappa shape index (κ1) is 20.7. The number of hydrogen-bond acceptors (Lipinski definition) is 3. The molecule has 1 unspecified atom stereocenters. The minimum absolute atomic E-state index is 0.0869. The summed E-state index contributed by atoms with van der Waals surface area (Å²) in [5, 5.41) is 5.42. The van der Waals surface area contributed by atoms with E-state index >= 15 is 0 Å². The average Bonchev–Trinajstić information content (AvgIpc) is 2.65. The molecular weight excluding hydrogens is 380 g/mol. The average molecular weight is 405 g/mol. The minimum Gasteiger partial charge on any atom is -0.326 e. The van der Waals surface area contributed by atoms with Crippen LogP contribution in [0.4, 0.5) is 11.4 Å². The SMILES string of the molecule is CC(=O)Nc1cccc(SC(C(=O)Nc2cc(C)cc(C)c2)c2ccccc2)c1. The smallest absolute Gasteiger partial charge is 0.242 e. The molecule has 3 aromatic carbocycles. The van der Waals surface area contributed by atoms with Crippen molar-refractivity contribution in [2.75, 3.05) is 10.6 Å². The van der Waals surface area contributed by atoms with E-state index in [0.717, 1.165) is 27.3 Å². The summed E-state index contributed by atoms with van der Waals surface area (Å²) in [5.41, 5.74) is 4.63. The number of thioether (sulfide) groups is 1. The van der Waals surface area contributed by atoms with E-state index in [1.807, 2.05) is 80.6 Å². The van der Waals surface area contributed by atoms with Crippen molar-refractivity contribution in [1.29, 1.82) is 0 Å². The van der Waals surface area contributed by atoms with Crippen LogP contribution in [0, 0.1) is 13.8 Å². The van der Waals surface area contributed by atoms with E-state index in [1.165, 1.54) is 18.7 Å². The van der Waals surface area contributed by atoms with Gasteiger partial charge < -0.3 is 10.6 Å². The maximum absolute atomic E-state index is 13.2. The van der Waals surface area contributed by atoms with Gasteiger partial charge in [-0.15, -0.1) is 11.8 Å². The Balaban J connectivity index is 1.87.